The SMILES string of the molecule is CC(=O)NC1[C@H](OCC2O[C@H](C)C(NC(C)=O)[C@@H](O)[C@H]2O)OC(CO)[C@@H](O[C@@H]2OC(CO)[C@H](O)[C@H](O)C2O)[C@@H]1O. The molecule has 3 heterocycles. The van der Waals surface area contributed by atoms with Crippen molar-refractivity contribution in [3.05, 3.63) is 0 Å². The van der Waals surface area contributed by atoms with E-state index in [-0.39, 0.29) is 0 Å². The molecule has 0 aliphatic carbocycles. The molecule has 10 N–H and O–H groups in total. The van der Waals surface area contributed by atoms with Crippen LogP contribution in [0.3, 0.4) is 0 Å². The maximum atomic E-state index is 11.9. The fraction of sp³-hybridized carbons (Fsp3) is 0.913. The molecule has 0 radical (unpaired) electrons. The monoisotopic (exact) mass is 584 g/mol. The van der Waals surface area contributed by atoms with Gasteiger partial charge in [-0.1, -0.05) is 0 Å². The third-order valence-corrected chi connectivity index (χ3v) is 7.15. The Bertz CT molecular complexity index is 851. The van der Waals surface area contributed by atoms with Crippen molar-refractivity contribution < 1.29 is 74.1 Å². The molecule has 0 aromatic heterocycles. The first-order valence-electron chi connectivity index (χ1n) is 12.9. The van der Waals surface area contributed by atoms with Gasteiger partial charge in [0.25, 0.3) is 0 Å². The fourth-order valence-corrected chi connectivity index (χ4v) is 5.02. The van der Waals surface area contributed by atoms with Crippen molar-refractivity contribution in [1.82, 2.24) is 10.6 Å². The highest BCUT2D eigenvalue weighted by molar-refractivity contribution is 5.73. The lowest BCUT2D eigenvalue weighted by atomic mass is 9.93. The Morgan fingerprint density at radius 3 is 1.80 bits per heavy atom. The molecule has 0 saturated carbocycles. The van der Waals surface area contributed by atoms with Crippen LogP contribution in [0.4, 0.5) is 0 Å². The summed E-state index contributed by atoms with van der Waals surface area (Å²) in [6.45, 7) is 2.11. The first-order valence-corrected chi connectivity index (χ1v) is 12.9. The van der Waals surface area contributed by atoms with Crippen LogP contribution in [0.5, 0.6) is 0 Å². The number of carbonyl (C=O) groups excluding carboxylic acids is 2. The summed E-state index contributed by atoms with van der Waals surface area (Å²) in [4.78, 5) is 23.3. The van der Waals surface area contributed by atoms with Crippen molar-refractivity contribution in [3.63, 3.8) is 0 Å². The van der Waals surface area contributed by atoms with E-state index in [4.69, 9.17) is 23.7 Å². The lowest BCUT2D eigenvalue weighted by Crippen LogP contribution is -2.68. The average Bonchev–Trinajstić information content (AvgIpc) is 2.90. The Morgan fingerprint density at radius 2 is 1.23 bits per heavy atom. The summed E-state index contributed by atoms with van der Waals surface area (Å²) < 4.78 is 28.1. The molecule has 0 aromatic rings. The van der Waals surface area contributed by atoms with Crippen LogP contribution in [-0.4, -0.2) is 164 Å². The molecule has 15 atom stereocenters. The van der Waals surface area contributed by atoms with Crippen LogP contribution in [0, 0.1) is 0 Å². The number of hydrogen-bond acceptors (Lipinski definition) is 15. The van der Waals surface area contributed by atoms with Gasteiger partial charge in [-0.3, -0.25) is 9.59 Å². The molecule has 232 valence electrons. The third kappa shape index (κ3) is 7.24. The Balaban J connectivity index is 1.73. The summed E-state index contributed by atoms with van der Waals surface area (Å²) >= 11 is 0. The van der Waals surface area contributed by atoms with Crippen molar-refractivity contribution in [1.29, 1.82) is 0 Å². The van der Waals surface area contributed by atoms with Gasteiger partial charge in [0.15, 0.2) is 12.6 Å². The van der Waals surface area contributed by atoms with Crippen molar-refractivity contribution in [2.24, 2.45) is 0 Å². The Labute approximate surface area is 229 Å². The molecule has 0 bridgehead atoms. The van der Waals surface area contributed by atoms with Crippen LogP contribution in [0.25, 0.3) is 0 Å². The number of amides is 2. The Kier molecular flexibility index (Phi) is 11.6. The van der Waals surface area contributed by atoms with Crippen LogP contribution in [-0.2, 0) is 33.3 Å². The average molecular weight is 585 g/mol. The minimum atomic E-state index is -1.81. The molecule has 3 aliphatic rings. The van der Waals surface area contributed by atoms with Crippen LogP contribution < -0.4 is 10.6 Å². The quantitative estimate of drug-likeness (QED) is 0.121. The summed E-state index contributed by atoms with van der Waals surface area (Å²) in [7, 11) is 0. The minimum Gasteiger partial charge on any atom is -0.394 e. The Hall–Kier alpha value is -1.58. The van der Waals surface area contributed by atoms with E-state index in [9.17, 15) is 50.4 Å². The van der Waals surface area contributed by atoms with Crippen molar-refractivity contribution in [2.45, 2.75) is 113 Å². The molecule has 0 spiro atoms. The van der Waals surface area contributed by atoms with Gasteiger partial charge >= 0.3 is 0 Å². The zero-order valence-electron chi connectivity index (χ0n) is 22.2. The molecule has 40 heavy (non-hydrogen) atoms. The summed E-state index contributed by atoms with van der Waals surface area (Å²) in [5.74, 6) is -1.04. The highest BCUT2D eigenvalue weighted by Crippen LogP contribution is 2.30. The number of hydrogen-bond donors (Lipinski definition) is 10. The molecule has 3 saturated heterocycles. The van der Waals surface area contributed by atoms with Crippen molar-refractivity contribution in [3.8, 4) is 0 Å². The number of rotatable bonds is 9. The highest BCUT2D eigenvalue weighted by Gasteiger charge is 2.52. The molecule has 3 aliphatic heterocycles. The molecule has 3 fully saturated rings. The van der Waals surface area contributed by atoms with E-state index in [1.54, 1.807) is 6.92 Å². The van der Waals surface area contributed by atoms with Gasteiger partial charge in [0.2, 0.25) is 11.8 Å². The summed E-state index contributed by atoms with van der Waals surface area (Å²) in [6.07, 6.45) is -18.8. The van der Waals surface area contributed by atoms with Gasteiger partial charge in [0.1, 0.15) is 67.1 Å². The van der Waals surface area contributed by atoms with Crippen LogP contribution in [0.2, 0.25) is 0 Å². The molecule has 17 heteroatoms. The van der Waals surface area contributed by atoms with Crippen LogP contribution >= 0.6 is 0 Å². The predicted molar refractivity (Wildman–Crippen MR) is 128 cm³/mol. The molecular formula is C23H40N2O15. The molecule has 2 amide bonds. The molecule has 17 nitrogen and oxygen atoms in total. The summed E-state index contributed by atoms with van der Waals surface area (Å²) in [5, 5.41) is 86.8. The number of carbonyl (C=O) groups is 2. The van der Waals surface area contributed by atoms with E-state index in [0.29, 0.717) is 0 Å². The first kappa shape index (κ1) is 32.9. The van der Waals surface area contributed by atoms with Crippen LogP contribution in [0.1, 0.15) is 20.8 Å². The van der Waals surface area contributed by atoms with Gasteiger partial charge in [0.05, 0.1) is 32.0 Å². The normalized spacial score (nSPS) is 46.0. The molecule has 0 aromatic carbocycles. The lowest BCUT2D eigenvalue weighted by molar-refractivity contribution is -0.350. The van der Waals surface area contributed by atoms with E-state index in [0.717, 1.165) is 6.92 Å². The van der Waals surface area contributed by atoms with E-state index >= 15 is 0 Å². The van der Waals surface area contributed by atoms with E-state index in [1.807, 2.05) is 0 Å². The number of aliphatic hydroxyl groups excluding tert-OH is 8. The summed E-state index contributed by atoms with van der Waals surface area (Å²) in [5.41, 5.74) is 0. The van der Waals surface area contributed by atoms with Crippen LogP contribution in [0.15, 0.2) is 0 Å². The van der Waals surface area contributed by atoms with Gasteiger partial charge in [-0.2, -0.15) is 0 Å². The van der Waals surface area contributed by atoms with E-state index in [2.05, 4.69) is 10.6 Å². The van der Waals surface area contributed by atoms with Gasteiger partial charge in [-0.15, -0.1) is 0 Å². The topological polar surface area (TPSA) is 266 Å². The zero-order valence-corrected chi connectivity index (χ0v) is 22.2. The van der Waals surface area contributed by atoms with E-state index in [1.165, 1.54) is 6.92 Å². The number of aliphatic hydroxyl groups is 8. The number of nitrogens with one attached hydrogen (secondary N) is 2. The fourth-order valence-electron chi connectivity index (χ4n) is 5.02. The maximum absolute atomic E-state index is 11.9. The maximum Gasteiger partial charge on any atom is 0.217 e. The van der Waals surface area contributed by atoms with E-state index < -0.39 is 123 Å². The second-order valence-corrected chi connectivity index (χ2v) is 10.2. The van der Waals surface area contributed by atoms with Gasteiger partial charge in [0, 0.05) is 13.8 Å². The Morgan fingerprint density at radius 1 is 0.675 bits per heavy atom. The highest BCUT2D eigenvalue weighted by atomic mass is 16.7. The van der Waals surface area contributed by atoms with Gasteiger partial charge in [-0.25, -0.2) is 0 Å². The van der Waals surface area contributed by atoms with Gasteiger partial charge in [-0.05, 0) is 6.92 Å². The lowest BCUT2D eigenvalue weighted by Gasteiger charge is -2.47. The zero-order chi connectivity index (χ0) is 29.9. The second kappa shape index (κ2) is 14.1. The second-order valence-electron chi connectivity index (χ2n) is 10.2. The standard InChI is InChI=1S/C23H40N2O15/c1-7-13(24-8(2)28)17(32)16(31)12(37-7)6-36-22-14(25-9(3)29)18(33)21(11(5-27)39-22)40-23-20(35)19(34)15(30)10(4-26)38-23/h7,10-23,26-27,30-35H,4-6H2,1-3H3,(H,24,28)(H,25,29)/t7-,10?,11?,12?,13?,14?,15+,16+,17-,18-,19+,20?,21-,22-,23+/m1/s1. The third-order valence-electron chi connectivity index (χ3n) is 7.15. The van der Waals surface area contributed by atoms with Gasteiger partial charge < -0.3 is 75.2 Å². The van der Waals surface area contributed by atoms with Crippen molar-refractivity contribution in [2.75, 3.05) is 19.8 Å². The summed E-state index contributed by atoms with van der Waals surface area (Å²) in [6, 6.07) is -2.21. The predicted octanol–water partition coefficient (Wildman–Crippen LogP) is -6.22. The largest absolute Gasteiger partial charge is 0.394 e. The first-order chi connectivity index (χ1) is 18.8. The molecular weight excluding hydrogens is 544 g/mol. The molecule has 6 unspecified atom stereocenters. The number of ether oxygens (including phenoxy) is 5. The molecule has 3 rings (SSSR count). The smallest absolute Gasteiger partial charge is 0.217 e. The minimum absolute atomic E-state index is 0.404. The van der Waals surface area contributed by atoms with Crippen molar-refractivity contribution >= 4 is 11.8 Å².